The summed E-state index contributed by atoms with van der Waals surface area (Å²) in [5, 5.41) is 10.1. The summed E-state index contributed by atoms with van der Waals surface area (Å²) in [6.07, 6.45) is 7.01. The predicted molar refractivity (Wildman–Crippen MR) is 67.3 cm³/mol. The second-order valence-corrected chi connectivity index (χ2v) is 5.37. The van der Waals surface area contributed by atoms with Crippen molar-refractivity contribution >= 4 is 5.91 Å². The number of aliphatic hydroxyl groups is 1. The normalized spacial score (nSPS) is 31.0. The van der Waals surface area contributed by atoms with Gasteiger partial charge in [-0.3, -0.25) is 4.79 Å². The molecule has 3 rings (SSSR count). The number of likely N-dealkylation sites (tertiary alicyclic amines) is 1. The third-order valence-electron chi connectivity index (χ3n) is 4.10. The summed E-state index contributed by atoms with van der Waals surface area (Å²) in [6.45, 7) is 2.08. The van der Waals surface area contributed by atoms with Crippen LogP contribution >= 0.6 is 0 Å². The van der Waals surface area contributed by atoms with E-state index in [9.17, 15) is 9.90 Å². The van der Waals surface area contributed by atoms with Gasteiger partial charge in [-0.25, -0.2) is 4.98 Å². The minimum atomic E-state index is -0.525. The van der Waals surface area contributed by atoms with Gasteiger partial charge in [0.15, 0.2) is 0 Å². The van der Waals surface area contributed by atoms with Gasteiger partial charge >= 0.3 is 0 Å². The van der Waals surface area contributed by atoms with E-state index in [0.717, 1.165) is 12.8 Å². The van der Waals surface area contributed by atoms with Crippen molar-refractivity contribution < 1.29 is 14.6 Å². The lowest BCUT2D eigenvalue weighted by molar-refractivity contribution is -0.155. The molecule has 2 fully saturated rings. The van der Waals surface area contributed by atoms with Crippen LogP contribution in [0.3, 0.4) is 0 Å². The first kappa shape index (κ1) is 12.6. The molecule has 1 aromatic rings. The summed E-state index contributed by atoms with van der Waals surface area (Å²) >= 11 is 0. The Morgan fingerprint density at radius 1 is 1.58 bits per heavy atom. The van der Waals surface area contributed by atoms with E-state index < -0.39 is 11.7 Å². The topological polar surface area (TPSA) is 67.6 Å². The number of carbonyl (C=O) groups excluding carboxylic acids is 1. The molecular formula is C13H19N3O3. The van der Waals surface area contributed by atoms with Crippen LogP contribution < -0.4 is 0 Å². The molecule has 0 saturated carbocycles. The van der Waals surface area contributed by atoms with Crippen LogP contribution in [-0.2, 0) is 16.1 Å². The first-order valence-electron chi connectivity index (χ1n) is 6.75. The van der Waals surface area contributed by atoms with Gasteiger partial charge in [-0.15, -0.1) is 0 Å². The lowest BCUT2D eigenvalue weighted by Crippen LogP contribution is -2.58. The van der Waals surface area contributed by atoms with Crippen molar-refractivity contribution in [2.45, 2.75) is 37.5 Å². The summed E-state index contributed by atoms with van der Waals surface area (Å²) in [7, 11) is 0. The Hall–Kier alpha value is -1.40. The predicted octanol–water partition coefficient (Wildman–Crippen LogP) is 0.0255. The molecular weight excluding hydrogens is 246 g/mol. The number of amides is 1. The van der Waals surface area contributed by atoms with Gasteiger partial charge in [0.05, 0.1) is 19.0 Å². The van der Waals surface area contributed by atoms with Gasteiger partial charge in [0.2, 0.25) is 5.91 Å². The quantitative estimate of drug-likeness (QED) is 0.819. The van der Waals surface area contributed by atoms with Crippen LogP contribution in [0.25, 0.3) is 0 Å². The zero-order valence-electron chi connectivity index (χ0n) is 10.9. The molecule has 19 heavy (non-hydrogen) atoms. The number of nitrogens with zero attached hydrogens (tertiary/aromatic N) is 3. The number of piperidine rings is 1. The second kappa shape index (κ2) is 4.94. The molecule has 0 bridgehead atoms. The summed E-state index contributed by atoms with van der Waals surface area (Å²) in [5.74, 6) is 0.0553. The van der Waals surface area contributed by atoms with Gasteiger partial charge < -0.3 is 19.3 Å². The fourth-order valence-electron chi connectivity index (χ4n) is 3.00. The fourth-order valence-corrected chi connectivity index (χ4v) is 3.00. The molecule has 104 valence electrons. The Labute approximate surface area is 112 Å². The summed E-state index contributed by atoms with van der Waals surface area (Å²) in [4.78, 5) is 18.0. The Balaban J connectivity index is 1.67. The summed E-state index contributed by atoms with van der Waals surface area (Å²) in [6, 6.07) is 0. The van der Waals surface area contributed by atoms with Crippen LogP contribution in [0.2, 0.25) is 0 Å². The zero-order chi connectivity index (χ0) is 13.3. The molecule has 0 unspecified atom stereocenters. The van der Waals surface area contributed by atoms with E-state index in [1.807, 2.05) is 0 Å². The lowest BCUT2D eigenvalue weighted by atomic mass is 9.87. The minimum absolute atomic E-state index is 0.0553. The first-order valence-corrected chi connectivity index (χ1v) is 6.75. The number of hydrogen-bond acceptors (Lipinski definition) is 4. The van der Waals surface area contributed by atoms with Crippen molar-refractivity contribution in [1.82, 2.24) is 14.5 Å². The number of hydrogen-bond donors (Lipinski definition) is 1. The van der Waals surface area contributed by atoms with E-state index in [1.54, 1.807) is 28.2 Å². The molecule has 2 saturated heterocycles. The largest absolute Gasteiger partial charge is 0.390 e. The van der Waals surface area contributed by atoms with E-state index >= 15 is 0 Å². The van der Waals surface area contributed by atoms with Crippen LogP contribution in [-0.4, -0.2) is 56.9 Å². The maximum atomic E-state index is 12.3. The van der Waals surface area contributed by atoms with Crippen molar-refractivity contribution in [3.8, 4) is 0 Å². The lowest BCUT2D eigenvalue weighted by Gasteiger charge is -2.43. The van der Waals surface area contributed by atoms with Gasteiger partial charge in [0.25, 0.3) is 0 Å². The molecule has 0 radical (unpaired) electrons. The fraction of sp³-hybridized carbons (Fsp3) is 0.692. The third-order valence-corrected chi connectivity index (χ3v) is 4.10. The molecule has 2 aliphatic heterocycles. The summed E-state index contributed by atoms with van der Waals surface area (Å²) in [5.41, 5.74) is -0.525. The van der Waals surface area contributed by atoms with Crippen molar-refractivity contribution in [2.75, 3.05) is 19.7 Å². The Kier molecular flexibility index (Phi) is 3.28. The Morgan fingerprint density at radius 3 is 3.16 bits per heavy atom. The molecule has 2 atom stereocenters. The molecule has 3 heterocycles. The molecule has 6 heteroatoms. The summed E-state index contributed by atoms with van der Waals surface area (Å²) < 4.78 is 7.51. The minimum Gasteiger partial charge on any atom is -0.390 e. The van der Waals surface area contributed by atoms with Crippen LogP contribution in [0, 0.1) is 0 Å². The first-order chi connectivity index (χ1) is 9.20. The van der Waals surface area contributed by atoms with Crippen molar-refractivity contribution in [1.29, 1.82) is 0 Å². The Morgan fingerprint density at radius 2 is 2.47 bits per heavy atom. The smallest absolute Gasteiger partial charge is 0.242 e. The molecule has 0 aliphatic carbocycles. The van der Waals surface area contributed by atoms with Crippen molar-refractivity contribution in [3.63, 3.8) is 0 Å². The van der Waals surface area contributed by atoms with Gasteiger partial charge in [-0.05, 0) is 19.3 Å². The molecule has 6 nitrogen and oxygen atoms in total. The van der Waals surface area contributed by atoms with Crippen molar-refractivity contribution in [2.24, 2.45) is 0 Å². The maximum Gasteiger partial charge on any atom is 0.242 e. The van der Waals surface area contributed by atoms with Crippen LogP contribution in [0.5, 0.6) is 0 Å². The number of rotatable bonds is 2. The van der Waals surface area contributed by atoms with Crippen molar-refractivity contribution in [3.05, 3.63) is 18.7 Å². The van der Waals surface area contributed by atoms with Gasteiger partial charge in [0.1, 0.15) is 12.1 Å². The third kappa shape index (κ3) is 2.37. The van der Waals surface area contributed by atoms with Crippen LogP contribution in [0.1, 0.15) is 19.3 Å². The average Bonchev–Trinajstić information content (AvgIpc) is 3.05. The number of aliphatic hydroxyl groups excluding tert-OH is 1. The van der Waals surface area contributed by atoms with Gasteiger partial charge in [-0.1, -0.05) is 0 Å². The molecule has 0 aromatic carbocycles. The molecule has 1 amide bonds. The molecule has 1 spiro atoms. The highest BCUT2D eigenvalue weighted by Gasteiger charge is 2.47. The van der Waals surface area contributed by atoms with E-state index in [2.05, 4.69) is 4.98 Å². The molecule has 2 aliphatic rings. The number of carbonyl (C=O) groups is 1. The molecule has 1 aromatic heterocycles. The van der Waals surface area contributed by atoms with Crippen LogP contribution in [0.4, 0.5) is 0 Å². The number of ether oxygens (including phenoxy) is 1. The molecule has 1 N–H and O–H groups in total. The highest BCUT2D eigenvalue weighted by Crippen LogP contribution is 2.34. The van der Waals surface area contributed by atoms with E-state index in [1.165, 1.54) is 0 Å². The average molecular weight is 265 g/mol. The zero-order valence-corrected chi connectivity index (χ0v) is 10.9. The maximum absolute atomic E-state index is 12.3. The van der Waals surface area contributed by atoms with Gasteiger partial charge in [0, 0.05) is 25.5 Å². The van der Waals surface area contributed by atoms with Crippen LogP contribution in [0.15, 0.2) is 18.7 Å². The Bertz CT molecular complexity index is 440. The standard InChI is InChI=1S/C13H19N3O3/c17-11-2-5-16(9-13(11)3-1-7-19-13)12(18)8-15-6-4-14-10-15/h4,6,10-11,17H,1-3,5,7-9H2/t11-,13-/m0/s1. The monoisotopic (exact) mass is 265 g/mol. The number of imidazole rings is 1. The van der Waals surface area contributed by atoms with E-state index in [-0.39, 0.29) is 5.91 Å². The highest BCUT2D eigenvalue weighted by atomic mass is 16.5. The highest BCUT2D eigenvalue weighted by molar-refractivity contribution is 5.76. The second-order valence-electron chi connectivity index (χ2n) is 5.37. The SMILES string of the molecule is O=C(Cn1ccnc1)N1CC[C@H](O)[C@]2(CCCO2)C1. The number of aromatic nitrogens is 2. The van der Waals surface area contributed by atoms with E-state index in [0.29, 0.717) is 32.7 Å². The van der Waals surface area contributed by atoms with Gasteiger partial charge in [-0.2, -0.15) is 0 Å². The van der Waals surface area contributed by atoms with E-state index in [4.69, 9.17) is 4.74 Å².